The predicted molar refractivity (Wildman–Crippen MR) is 173 cm³/mol. The number of urea groups is 1. The lowest BCUT2D eigenvalue weighted by atomic mass is 9.86. The van der Waals surface area contributed by atoms with Crippen molar-refractivity contribution >= 4 is 41.2 Å². The van der Waals surface area contributed by atoms with Crippen molar-refractivity contribution in [3.8, 4) is 0 Å². The van der Waals surface area contributed by atoms with E-state index in [0.29, 0.717) is 55.3 Å². The molecular formula is C35H34FN5O5. The molecule has 236 valence electrons. The lowest BCUT2D eigenvalue weighted by molar-refractivity contribution is 0.0527. The van der Waals surface area contributed by atoms with Crippen LogP contribution in [0.15, 0.2) is 77.4 Å². The summed E-state index contributed by atoms with van der Waals surface area (Å²) in [6.07, 6.45) is 6.15. The zero-order valence-electron chi connectivity index (χ0n) is 25.6. The number of carbonyl (C=O) groups is 3. The van der Waals surface area contributed by atoms with Crippen molar-refractivity contribution < 1.29 is 27.9 Å². The zero-order valence-corrected chi connectivity index (χ0v) is 25.6. The largest absolute Gasteiger partial charge is 0.462 e. The number of hydrogen-bond donors (Lipinski definition) is 2. The molecule has 10 nitrogen and oxygen atoms in total. The second-order valence-electron chi connectivity index (χ2n) is 11.1. The highest BCUT2D eigenvalue weighted by atomic mass is 19.1. The Balaban J connectivity index is 1.03. The van der Waals surface area contributed by atoms with Crippen molar-refractivity contribution in [3.05, 3.63) is 113 Å². The Bertz CT molecular complexity index is 1780. The van der Waals surface area contributed by atoms with Crippen LogP contribution in [0, 0.1) is 12.7 Å². The van der Waals surface area contributed by atoms with E-state index < -0.39 is 5.97 Å². The Kier molecular flexibility index (Phi) is 8.82. The van der Waals surface area contributed by atoms with Crippen LogP contribution in [0.3, 0.4) is 0 Å². The van der Waals surface area contributed by atoms with Crippen LogP contribution in [0.5, 0.6) is 0 Å². The minimum absolute atomic E-state index is 0.0707. The number of allylic oxidation sites excluding steroid dienone is 1. The number of halogens is 1. The summed E-state index contributed by atoms with van der Waals surface area (Å²) >= 11 is 0. The molecule has 0 radical (unpaired) electrons. The fourth-order valence-electron chi connectivity index (χ4n) is 5.75. The average molecular weight is 624 g/mol. The van der Waals surface area contributed by atoms with E-state index >= 15 is 0 Å². The van der Waals surface area contributed by atoms with E-state index in [1.807, 2.05) is 25.1 Å². The molecule has 6 rings (SSSR count). The van der Waals surface area contributed by atoms with Gasteiger partial charge in [0.25, 0.3) is 5.91 Å². The number of amides is 3. The number of carbonyl (C=O) groups excluding carboxylic acids is 3. The lowest BCUT2D eigenvalue weighted by Gasteiger charge is -2.35. The number of aromatic nitrogens is 1. The van der Waals surface area contributed by atoms with Gasteiger partial charge in [0.05, 0.1) is 29.7 Å². The third-order valence-electron chi connectivity index (χ3n) is 8.27. The third kappa shape index (κ3) is 6.49. The second-order valence-corrected chi connectivity index (χ2v) is 11.1. The quantitative estimate of drug-likeness (QED) is 0.234. The number of hydrogen-bond acceptors (Lipinski definition) is 7. The van der Waals surface area contributed by atoms with Crippen molar-refractivity contribution in [1.82, 2.24) is 9.88 Å². The molecule has 46 heavy (non-hydrogen) atoms. The standard InChI is InChI=1S/C35H34FN5O5/c1-3-45-34(43)27-6-4-5-7-29(27)39-35(44)41-18-16-40(17-19-41)31-15-13-26(21-37-31)38-33(42)32-22(2)28-20-24(10-14-30(28)46-32)23-8-11-25(36)12-9-23/h4-15,21,24H,3,16-20H2,1-2H3,(H,38,42)(H,39,44). The van der Waals surface area contributed by atoms with Gasteiger partial charge in [-0.25, -0.2) is 19.0 Å². The summed E-state index contributed by atoms with van der Waals surface area (Å²) < 4.78 is 24.4. The van der Waals surface area contributed by atoms with Gasteiger partial charge in [0.15, 0.2) is 5.76 Å². The second kappa shape index (κ2) is 13.3. The van der Waals surface area contributed by atoms with Crippen LogP contribution in [-0.4, -0.2) is 60.6 Å². The van der Waals surface area contributed by atoms with E-state index in [0.717, 1.165) is 22.5 Å². The van der Waals surface area contributed by atoms with Crippen molar-refractivity contribution in [2.24, 2.45) is 0 Å². The van der Waals surface area contributed by atoms with Crippen molar-refractivity contribution in [2.45, 2.75) is 26.2 Å². The van der Waals surface area contributed by atoms with Gasteiger partial charge in [-0.1, -0.05) is 30.3 Å². The molecule has 3 amide bonds. The number of anilines is 3. The van der Waals surface area contributed by atoms with Gasteiger partial charge in [0.2, 0.25) is 0 Å². The maximum absolute atomic E-state index is 13.4. The van der Waals surface area contributed by atoms with E-state index in [2.05, 4.69) is 20.5 Å². The fraction of sp³-hybridized carbons (Fsp3) is 0.257. The van der Waals surface area contributed by atoms with Crippen LogP contribution in [0.1, 0.15) is 56.2 Å². The highest BCUT2D eigenvalue weighted by Gasteiger charge is 2.27. The molecule has 11 heteroatoms. The van der Waals surface area contributed by atoms with Gasteiger partial charge in [0, 0.05) is 43.2 Å². The maximum Gasteiger partial charge on any atom is 0.340 e. The third-order valence-corrected chi connectivity index (χ3v) is 8.27. The van der Waals surface area contributed by atoms with E-state index in [1.165, 1.54) is 12.1 Å². The van der Waals surface area contributed by atoms with E-state index in [-0.39, 0.29) is 36.0 Å². The number of furan rings is 1. The van der Waals surface area contributed by atoms with E-state index in [4.69, 9.17) is 9.15 Å². The topological polar surface area (TPSA) is 117 Å². The van der Waals surface area contributed by atoms with Gasteiger partial charge >= 0.3 is 12.0 Å². The molecule has 1 aliphatic heterocycles. The van der Waals surface area contributed by atoms with Crippen LogP contribution >= 0.6 is 0 Å². The van der Waals surface area contributed by atoms with Gasteiger partial charge in [-0.3, -0.25) is 4.79 Å². The van der Waals surface area contributed by atoms with Crippen LogP contribution in [0.4, 0.5) is 26.4 Å². The molecule has 2 N–H and O–H groups in total. The average Bonchev–Trinajstić information content (AvgIpc) is 3.41. The number of fused-ring (bicyclic) bond motifs is 1. The smallest absolute Gasteiger partial charge is 0.340 e. The molecule has 1 unspecified atom stereocenters. The number of nitrogens with one attached hydrogen (secondary N) is 2. The molecule has 1 atom stereocenters. The lowest BCUT2D eigenvalue weighted by Crippen LogP contribution is -2.50. The number of benzene rings is 2. The molecule has 2 aromatic carbocycles. The summed E-state index contributed by atoms with van der Waals surface area (Å²) in [6.45, 7) is 5.91. The minimum Gasteiger partial charge on any atom is -0.462 e. The Labute approximate surface area is 265 Å². The summed E-state index contributed by atoms with van der Waals surface area (Å²) in [5.41, 5.74) is 3.99. The zero-order chi connectivity index (χ0) is 32.2. The van der Waals surface area contributed by atoms with Crippen molar-refractivity contribution in [1.29, 1.82) is 0 Å². The summed E-state index contributed by atoms with van der Waals surface area (Å²) in [6, 6.07) is 16.6. The summed E-state index contributed by atoms with van der Waals surface area (Å²) in [4.78, 5) is 46.7. The number of nitrogens with zero attached hydrogens (tertiary/aromatic N) is 3. The van der Waals surface area contributed by atoms with E-state index in [1.54, 1.807) is 60.5 Å². The Morgan fingerprint density at radius 2 is 1.76 bits per heavy atom. The first-order chi connectivity index (χ1) is 22.3. The summed E-state index contributed by atoms with van der Waals surface area (Å²) in [7, 11) is 0. The minimum atomic E-state index is -0.485. The van der Waals surface area contributed by atoms with Crippen molar-refractivity contribution in [3.63, 3.8) is 0 Å². The molecule has 3 heterocycles. The first-order valence-electron chi connectivity index (χ1n) is 15.2. The van der Waals surface area contributed by atoms with E-state index in [9.17, 15) is 18.8 Å². The number of esters is 1. The molecule has 2 aromatic heterocycles. The highest BCUT2D eigenvalue weighted by molar-refractivity contribution is 6.04. The number of piperazine rings is 1. The number of pyridine rings is 1. The molecule has 2 aliphatic rings. The van der Waals surface area contributed by atoms with Crippen LogP contribution in [0.25, 0.3) is 6.08 Å². The Morgan fingerprint density at radius 3 is 2.48 bits per heavy atom. The summed E-state index contributed by atoms with van der Waals surface area (Å²) in [5.74, 6) is 0.583. The molecule has 0 spiro atoms. The monoisotopic (exact) mass is 623 g/mol. The van der Waals surface area contributed by atoms with Gasteiger partial charge in [-0.05, 0) is 68.3 Å². The normalized spacial score (nSPS) is 15.7. The van der Waals surface area contributed by atoms with Gasteiger partial charge < -0.3 is 29.6 Å². The first kappa shape index (κ1) is 30.6. The van der Waals surface area contributed by atoms with Gasteiger partial charge in [-0.2, -0.15) is 0 Å². The van der Waals surface area contributed by atoms with Gasteiger partial charge in [-0.15, -0.1) is 0 Å². The van der Waals surface area contributed by atoms with Gasteiger partial charge in [0.1, 0.15) is 17.4 Å². The van der Waals surface area contributed by atoms with Crippen LogP contribution in [0.2, 0.25) is 0 Å². The molecule has 1 fully saturated rings. The molecule has 1 saturated heterocycles. The molecule has 0 saturated carbocycles. The number of rotatable bonds is 7. The Hall–Kier alpha value is -5.45. The molecule has 0 bridgehead atoms. The number of para-hydroxylation sites is 1. The van der Waals surface area contributed by atoms with Crippen LogP contribution in [-0.2, 0) is 11.2 Å². The summed E-state index contributed by atoms with van der Waals surface area (Å²) in [5, 5.41) is 5.71. The number of ether oxygens (including phenoxy) is 1. The first-order valence-corrected chi connectivity index (χ1v) is 15.2. The maximum atomic E-state index is 13.4. The molecule has 1 aliphatic carbocycles. The van der Waals surface area contributed by atoms with Crippen molar-refractivity contribution in [2.75, 3.05) is 48.3 Å². The van der Waals surface area contributed by atoms with Crippen LogP contribution < -0.4 is 15.5 Å². The fourth-order valence-corrected chi connectivity index (χ4v) is 5.75. The highest BCUT2D eigenvalue weighted by Crippen LogP contribution is 2.35. The Morgan fingerprint density at radius 1 is 1.00 bits per heavy atom. The predicted octanol–water partition coefficient (Wildman–Crippen LogP) is 6.26. The molecular weight excluding hydrogens is 589 g/mol. The SMILES string of the molecule is CCOC(=O)c1ccccc1NC(=O)N1CCN(c2ccc(NC(=O)c3oc4c(c3C)CC(c3ccc(F)cc3)C=C4)cn2)CC1. The molecule has 4 aromatic rings.